The largest absolute Gasteiger partial charge is 0.435 e. The van der Waals surface area contributed by atoms with Gasteiger partial charge in [0.05, 0.1) is 6.21 Å². The lowest BCUT2D eigenvalue weighted by Crippen LogP contribution is -2.19. The smallest absolute Gasteiger partial charge is 0.387 e. The minimum atomic E-state index is -2.86. The molecule has 1 N–H and O–H groups in total. The summed E-state index contributed by atoms with van der Waals surface area (Å²) in [6, 6.07) is 11.8. The molecule has 0 radical (unpaired) electrons. The van der Waals surface area contributed by atoms with Gasteiger partial charge in [0.2, 0.25) is 0 Å². The summed E-state index contributed by atoms with van der Waals surface area (Å²) in [6.45, 7) is 0.966. The van der Waals surface area contributed by atoms with Crippen molar-refractivity contribution in [3.05, 3.63) is 59.2 Å². The number of anilines is 1. The molecule has 2 rings (SSSR count). The molecule has 0 aliphatic rings. The molecular formula is C20H22F2N2O3. The summed E-state index contributed by atoms with van der Waals surface area (Å²) in [5, 5.41) is 6.60. The lowest BCUT2D eigenvalue weighted by Gasteiger charge is -2.13. The molecule has 0 bridgehead atoms. The first-order chi connectivity index (χ1) is 13.0. The van der Waals surface area contributed by atoms with Gasteiger partial charge in [-0.15, -0.1) is 0 Å². The number of para-hydroxylation sites is 1. The molecule has 0 heterocycles. The number of nitrogens with one attached hydrogen (secondary N) is 1. The number of aryl methyl sites for hydroxylation is 2. The second-order valence-corrected chi connectivity index (χ2v) is 5.66. The Kier molecular flexibility index (Phi) is 7.73. The maximum Gasteiger partial charge on any atom is 0.387 e. The van der Waals surface area contributed by atoms with Gasteiger partial charge in [0.15, 0.2) is 6.61 Å². The van der Waals surface area contributed by atoms with Crippen molar-refractivity contribution in [2.75, 3.05) is 11.9 Å². The predicted molar refractivity (Wildman–Crippen MR) is 100 cm³/mol. The summed E-state index contributed by atoms with van der Waals surface area (Å²) in [6.07, 6.45) is 3.01. The van der Waals surface area contributed by atoms with Gasteiger partial charge in [0.1, 0.15) is 5.75 Å². The van der Waals surface area contributed by atoms with Gasteiger partial charge in [-0.3, -0.25) is 4.79 Å². The molecule has 0 aliphatic heterocycles. The van der Waals surface area contributed by atoms with E-state index in [0.717, 1.165) is 29.7 Å². The summed E-state index contributed by atoms with van der Waals surface area (Å²) in [4.78, 5) is 17.1. The quantitative estimate of drug-likeness (QED) is 0.521. The number of carbonyl (C=O) groups is 1. The van der Waals surface area contributed by atoms with Gasteiger partial charge >= 0.3 is 6.61 Å². The number of halogens is 2. The number of alkyl halides is 2. The van der Waals surface area contributed by atoms with Gasteiger partial charge in [-0.1, -0.05) is 37.2 Å². The Labute approximate surface area is 157 Å². The van der Waals surface area contributed by atoms with E-state index in [0.29, 0.717) is 5.56 Å². The number of oxime groups is 1. The van der Waals surface area contributed by atoms with Crippen molar-refractivity contribution in [2.24, 2.45) is 5.16 Å². The number of hydrogen-bond donors (Lipinski definition) is 1. The first-order valence-electron chi connectivity index (χ1n) is 8.64. The van der Waals surface area contributed by atoms with Gasteiger partial charge in [-0.25, -0.2) is 0 Å². The van der Waals surface area contributed by atoms with E-state index < -0.39 is 6.61 Å². The highest BCUT2D eigenvalue weighted by Gasteiger charge is 2.10. The maximum atomic E-state index is 12.1. The molecule has 0 aromatic heterocycles. The third-order valence-electron chi connectivity index (χ3n) is 3.84. The third kappa shape index (κ3) is 6.36. The minimum absolute atomic E-state index is 0.0590. The van der Waals surface area contributed by atoms with Crippen molar-refractivity contribution in [1.29, 1.82) is 0 Å². The predicted octanol–water partition coefficient (Wildman–Crippen LogP) is 4.40. The summed E-state index contributed by atoms with van der Waals surface area (Å²) in [5.74, 6) is -0.243. The molecule has 0 saturated carbocycles. The molecule has 0 aliphatic carbocycles. The molecule has 27 heavy (non-hydrogen) atoms. The van der Waals surface area contributed by atoms with Gasteiger partial charge < -0.3 is 14.9 Å². The molecule has 2 aromatic carbocycles. The van der Waals surface area contributed by atoms with Crippen LogP contribution in [0, 0.1) is 0 Å². The number of benzene rings is 2. The van der Waals surface area contributed by atoms with Crippen LogP contribution < -0.4 is 10.1 Å². The number of nitrogens with zero attached hydrogens (tertiary/aromatic N) is 1. The Morgan fingerprint density at radius 1 is 1.11 bits per heavy atom. The van der Waals surface area contributed by atoms with Crippen molar-refractivity contribution >= 4 is 17.8 Å². The first-order valence-corrected chi connectivity index (χ1v) is 8.64. The lowest BCUT2D eigenvalue weighted by atomic mass is 10.0. The van der Waals surface area contributed by atoms with Gasteiger partial charge in [0, 0.05) is 5.69 Å². The zero-order chi connectivity index (χ0) is 19.6. The number of carbonyl (C=O) groups excluding carboxylic acids is 1. The van der Waals surface area contributed by atoms with Crippen molar-refractivity contribution in [3.63, 3.8) is 0 Å². The van der Waals surface area contributed by atoms with E-state index in [1.165, 1.54) is 18.3 Å². The highest BCUT2D eigenvalue weighted by atomic mass is 19.3. The topological polar surface area (TPSA) is 59.9 Å². The number of ether oxygens (including phenoxy) is 1. The molecule has 7 heteroatoms. The second kappa shape index (κ2) is 10.3. The van der Waals surface area contributed by atoms with Crippen LogP contribution in [0.5, 0.6) is 5.75 Å². The average molecular weight is 376 g/mol. The van der Waals surface area contributed by atoms with Gasteiger partial charge in [-0.2, -0.15) is 8.78 Å². The lowest BCUT2D eigenvalue weighted by molar-refractivity contribution is -0.120. The normalized spacial score (nSPS) is 11.0. The molecule has 0 unspecified atom stereocenters. The fourth-order valence-electron chi connectivity index (χ4n) is 2.51. The zero-order valence-corrected chi connectivity index (χ0v) is 15.2. The summed E-state index contributed by atoms with van der Waals surface area (Å²) in [5.41, 5.74) is 3.59. The standard InChI is InChI=1S/C20H22F2N2O3/c1-3-15-6-5-7-16(4-2)19(15)24-18(25)13-26-23-12-14-8-10-17(11-9-14)27-20(21)22/h5-12,20H,3-4,13H2,1-2H3,(H,24,25)/b23-12-. The average Bonchev–Trinajstić information content (AvgIpc) is 2.66. The van der Waals surface area contributed by atoms with Gasteiger partial charge in [-0.05, 0) is 53.8 Å². The minimum Gasteiger partial charge on any atom is -0.435 e. The molecule has 2 aromatic rings. The van der Waals surface area contributed by atoms with E-state index in [-0.39, 0.29) is 18.3 Å². The second-order valence-electron chi connectivity index (χ2n) is 5.66. The summed E-state index contributed by atoms with van der Waals surface area (Å²) < 4.78 is 28.4. The van der Waals surface area contributed by atoms with Crippen LogP contribution in [-0.2, 0) is 22.5 Å². The Morgan fingerprint density at radius 3 is 2.30 bits per heavy atom. The molecule has 5 nitrogen and oxygen atoms in total. The van der Waals surface area contributed by atoms with Crippen LogP contribution in [-0.4, -0.2) is 25.3 Å². The fraction of sp³-hybridized carbons (Fsp3) is 0.300. The Hall–Kier alpha value is -2.96. The van der Waals surface area contributed by atoms with E-state index in [4.69, 9.17) is 4.84 Å². The van der Waals surface area contributed by atoms with Crippen LogP contribution in [0.15, 0.2) is 47.6 Å². The number of amides is 1. The van der Waals surface area contributed by atoms with E-state index in [9.17, 15) is 13.6 Å². The Balaban J connectivity index is 1.87. The fourth-order valence-corrected chi connectivity index (χ4v) is 2.51. The van der Waals surface area contributed by atoms with Crippen molar-refractivity contribution in [1.82, 2.24) is 0 Å². The zero-order valence-electron chi connectivity index (χ0n) is 15.2. The molecule has 0 atom stereocenters. The maximum absolute atomic E-state index is 12.1. The van der Waals surface area contributed by atoms with Crippen LogP contribution in [0.3, 0.4) is 0 Å². The number of rotatable bonds is 9. The highest BCUT2D eigenvalue weighted by Crippen LogP contribution is 2.22. The highest BCUT2D eigenvalue weighted by molar-refractivity contribution is 5.93. The van der Waals surface area contributed by atoms with Crippen LogP contribution >= 0.6 is 0 Å². The third-order valence-corrected chi connectivity index (χ3v) is 3.84. The van der Waals surface area contributed by atoms with Crippen LogP contribution in [0.25, 0.3) is 0 Å². The molecule has 0 spiro atoms. The van der Waals surface area contributed by atoms with Crippen molar-refractivity contribution < 1.29 is 23.1 Å². The molecule has 0 saturated heterocycles. The number of hydrogen-bond acceptors (Lipinski definition) is 4. The monoisotopic (exact) mass is 376 g/mol. The molecule has 1 amide bonds. The van der Waals surface area contributed by atoms with Gasteiger partial charge in [0.25, 0.3) is 5.91 Å². The molecule has 0 fully saturated rings. The van der Waals surface area contributed by atoms with Crippen molar-refractivity contribution in [2.45, 2.75) is 33.3 Å². The first kappa shape index (κ1) is 20.4. The SMILES string of the molecule is CCc1cccc(CC)c1NC(=O)CO/N=C\c1ccc(OC(F)F)cc1. The Morgan fingerprint density at radius 2 is 1.74 bits per heavy atom. The molecule has 144 valence electrons. The van der Waals surface area contributed by atoms with Crippen LogP contribution in [0.1, 0.15) is 30.5 Å². The van der Waals surface area contributed by atoms with E-state index in [1.54, 1.807) is 12.1 Å². The Bertz CT molecular complexity index is 755. The summed E-state index contributed by atoms with van der Waals surface area (Å²) >= 11 is 0. The molecular weight excluding hydrogens is 354 g/mol. The van der Waals surface area contributed by atoms with E-state index in [1.807, 2.05) is 32.0 Å². The van der Waals surface area contributed by atoms with Crippen LogP contribution in [0.4, 0.5) is 14.5 Å². The van der Waals surface area contributed by atoms with E-state index >= 15 is 0 Å². The van der Waals surface area contributed by atoms with E-state index in [2.05, 4.69) is 15.2 Å². The summed E-state index contributed by atoms with van der Waals surface area (Å²) in [7, 11) is 0. The van der Waals surface area contributed by atoms with Crippen molar-refractivity contribution in [3.8, 4) is 5.75 Å². The van der Waals surface area contributed by atoms with Crippen LogP contribution in [0.2, 0.25) is 0 Å².